The molecule has 0 radical (unpaired) electrons. The first-order valence-electron chi connectivity index (χ1n) is 9.39. The summed E-state index contributed by atoms with van der Waals surface area (Å²) in [4.78, 5) is 9.37. The highest BCUT2D eigenvalue weighted by Crippen LogP contribution is 2.14. The monoisotopic (exact) mass is 352 g/mol. The lowest BCUT2D eigenvalue weighted by molar-refractivity contribution is 0.283. The van der Waals surface area contributed by atoms with Crippen molar-refractivity contribution < 1.29 is 0 Å². The van der Waals surface area contributed by atoms with Crippen molar-refractivity contribution in [1.29, 1.82) is 0 Å². The molecule has 0 aliphatic carbocycles. The number of hydrogen-bond acceptors (Lipinski definition) is 6. The van der Waals surface area contributed by atoms with Crippen LogP contribution in [-0.2, 0) is 0 Å². The van der Waals surface area contributed by atoms with E-state index in [4.69, 9.17) is 0 Å². The van der Waals surface area contributed by atoms with Gasteiger partial charge in [-0.2, -0.15) is 10.1 Å². The maximum atomic E-state index is 4.62. The number of nitrogens with zero attached hydrogens (tertiary/aromatic N) is 5. The number of hydrogen-bond donors (Lipinski definition) is 1. The van der Waals surface area contributed by atoms with E-state index in [-0.39, 0.29) is 0 Å². The summed E-state index contributed by atoms with van der Waals surface area (Å²) in [5.74, 6) is 1.52. The van der Waals surface area contributed by atoms with Crippen LogP contribution >= 0.6 is 0 Å². The summed E-state index contributed by atoms with van der Waals surface area (Å²) < 4.78 is 0. The Bertz CT molecular complexity index is 694. The maximum Gasteiger partial charge on any atom is 0.244 e. The quantitative estimate of drug-likeness (QED) is 0.827. The zero-order chi connectivity index (χ0) is 18.2. The first-order valence-corrected chi connectivity index (χ1v) is 9.39. The van der Waals surface area contributed by atoms with E-state index < -0.39 is 0 Å². The average molecular weight is 352 g/mol. The minimum Gasteiger partial charge on any atom is -0.353 e. The number of nitrogens with one attached hydrogen (secondary N) is 1. The number of rotatable bonds is 7. The zero-order valence-electron chi connectivity index (χ0n) is 15.7. The van der Waals surface area contributed by atoms with Crippen molar-refractivity contribution in [1.82, 2.24) is 20.1 Å². The first-order chi connectivity index (χ1) is 12.7. The molecule has 0 saturated carbocycles. The summed E-state index contributed by atoms with van der Waals surface area (Å²) in [5, 5.41) is 11.5. The number of anilines is 2. The summed E-state index contributed by atoms with van der Waals surface area (Å²) in [5.41, 5.74) is 1.25. The van der Waals surface area contributed by atoms with Gasteiger partial charge in [-0.3, -0.25) is 4.90 Å². The Morgan fingerprint density at radius 2 is 1.92 bits per heavy atom. The molecule has 1 N–H and O–H groups in total. The summed E-state index contributed by atoms with van der Waals surface area (Å²) in [6.45, 7) is 9.21. The second kappa shape index (κ2) is 9.29. The minimum atomic E-state index is 0.347. The molecule has 138 valence electrons. The van der Waals surface area contributed by atoms with Gasteiger partial charge in [0.15, 0.2) is 5.82 Å². The summed E-state index contributed by atoms with van der Waals surface area (Å²) >= 11 is 0. The number of aromatic nitrogens is 3. The van der Waals surface area contributed by atoms with Crippen LogP contribution in [-0.4, -0.2) is 58.8 Å². The van der Waals surface area contributed by atoms with E-state index in [1.807, 2.05) is 6.07 Å². The van der Waals surface area contributed by atoms with Gasteiger partial charge in [0.1, 0.15) is 0 Å². The molecule has 6 nitrogen and oxygen atoms in total. The summed E-state index contributed by atoms with van der Waals surface area (Å²) in [7, 11) is 0. The van der Waals surface area contributed by atoms with E-state index in [1.165, 1.54) is 5.56 Å². The van der Waals surface area contributed by atoms with Gasteiger partial charge in [0, 0.05) is 38.8 Å². The molecule has 3 rings (SSSR count). The van der Waals surface area contributed by atoms with Crippen LogP contribution in [0.4, 0.5) is 11.8 Å². The molecule has 0 bridgehead atoms. The van der Waals surface area contributed by atoms with Crippen molar-refractivity contribution in [2.45, 2.75) is 26.3 Å². The molecular formula is C20H28N6. The van der Waals surface area contributed by atoms with Crippen LogP contribution in [0.25, 0.3) is 6.08 Å². The Morgan fingerprint density at radius 1 is 1.15 bits per heavy atom. The van der Waals surface area contributed by atoms with Crippen molar-refractivity contribution in [3.63, 3.8) is 0 Å². The fourth-order valence-electron chi connectivity index (χ4n) is 2.89. The fourth-order valence-corrected chi connectivity index (χ4v) is 2.89. The normalized spacial score (nSPS) is 16.8. The van der Waals surface area contributed by atoms with E-state index in [2.05, 4.69) is 80.6 Å². The second-order valence-corrected chi connectivity index (χ2v) is 6.69. The smallest absolute Gasteiger partial charge is 0.244 e. The lowest BCUT2D eigenvalue weighted by Gasteiger charge is -2.34. The lowest BCUT2D eigenvalue weighted by atomic mass is 10.2. The molecule has 1 fully saturated rings. The van der Waals surface area contributed by atoms with Crippen LogP contribution in [0.1, 0.15) is 25.8 Å². The van der Waals surface area contributed by atoms with Crippen molar-refractivity contribution in [2.24, 2.45) is 0 Å². The molecule has 2 aromatic rings. The summed E-state index contributed by atoms with van der Waals surface area (Å²) in [6.07, 6.45) is 7.22. The molecule has 2 heterocycles. The maximum absolute atomic E-state index is 4.62. The van der Waals surface area contributed by atoms with Gasteiger partial charge >= 0.3 is 0 Å². The highest BCUT2D eigenvalue weighted by atomic mass is 15.3. The van der Waals surface area contributed by atoms with Crippen molar-refractivity contribution in [3.8, 4) is 0 Å². The standard InChI is InChI=1S/C20H28N6/c1-3-17(2)22-20-23-19(16-21-24-20)26-14-12-25(13-15-26)11-7-10-18-8-5-4-6-9-18/h4-10,16-17H,3,11-15H2,1-2H3,(H,22,23,24)/b10-7+. The van der Waals surface area contributed by atoms with Gasteiger partial charge in [-0.25, -0.2) is 0 Å². The molecule has 1 aromatic heterocycles. The van der Waals surface area contributed by atoms with Gasteiger partial charge in [0.2, 0.25) is 5.95 Å². The van der Waals surface area contributed by atoms with E-state index >= 15 is 0 Å². The van der Waals surface area contributed by atoms with Crippen LogP contribution in [0.5, 0.6) is 0 Å². The molecular weight excluding hydrogens is 324 g/mol. The average Bonchev–Trinajstić information content (AvgIpc) is 2.69. The van der Waals surface area contributed by atoms with Crippen LogP contribution in [0.2, 0.25) is 0 Å². The van der Waals surface area contributed by atoms with E-state index in [0.717, 1.165) is 45.0 Å². The van der Waals surface area contributed by atoms with Crippen molar-refractivity contribution >= 4 is 17.8 Å². The number of piperazine rings is 1. The fraction of sp³-hybridized carbons (Fsp3) is 0.450. The largest absolute Gasteiger partial charge is 0.353 e. The molecule has 1 saturated heterocycles. The van der Waals surface area contributed by atoms with Gasteiger partial charge in [-0.1, -0.05) is 49.4 Å². The first kappa shape index (κ1) is 18.3. The van der Waals surface area contributed by atoms with E-state index in [0.29, 0.717) is 12.0 Å². The van der Waals surface area contributed by atoms with Gasteiger partial charge in [-0.15, -0.1) is 5.10 Å². The van der Waals surface area contributed by atoms with Crippen LogP contribution in [0.3, 0.4) is 0 Å². The second-order valence-electron chi connectivity index (χ2n) is 6.69. The molecule has 6 heteroatoms. The molecule has 1 aliphatic heterocycles. The highest BCUT2D eigenvalue weighted by Gasteiger charge is 2.18. The molecule has 0 spiro atoms. The van der Waals surface area contributed by atoms with E-state index in [9.17, 15) is 0 Å². The third-order valence-corrected chi connectivity index (χ3v) is 4.70. The molecule has 0 amide bonds. The Morgan fingerprint density at radius 3 is 2.65 bits per heavy atom. The van der Waals surface area contributed by atoms with Gasteiger partial charge in [0.25, 0.3) is 0 Å². The SMILES string of the molecule is CCC(C)Nc1nncc(N2CCN(C/C=C/c3ccccc3)CC2)n1. The van der Waals surface area contributed by atoms with Crippen LogP contribution in [0.15, 0.2) is 42.6 Å². The zero-order valence-corrected chi connectivity index (χ0v) is 15.7. The lowest BCUT2D eigenvalue weighted by Crippen LogP contribution is -2.46. The topological polar surface area (TPSA) is 57.2 Å². The highest BCUT2D eigenvalue weighted by molar-refractivity contribution is 5.48. The third kappa shape index (κ3) is 5.26. The summed E-state index contributed by atoms with van der Waals surface area (Å²) in [6, 6.07) is 10.8. The van der Waals surface area contributed by atoms with Crippen molar-refractivity contribution in [3.05, 3.63) is 48.2 Å². The third-order valence-electron chi connectivity index (χ3n) is 4.70. The van der Waals surface area contributed by atoms with Gasteiger partial charge in [-0.05, 0) is 18.9 Å². The molecule has 1 unspecified atom stereocenters. The molecule has 1 aliphatic rings. The minimum absolute atomic E-state index is 0.347. The Hall–Kier alpha value is -2.47. The Kier molecular flexibility index (Phi) is 6.55. The van der Waals surface area contributed by atoms with Crippen molar-refractivity contribution in [2.75, 3.05) is 42.9 Å². The Balaban J connectivity index is 1.49. The molecule has 1 atom stereocenters. The van der Waals surface area contributed by atoms with Gasteiger partial charge in [0.05, 0.1) is 6.20 Å². The predicted molar refractivity (Wildman–Crippen MR) is 107 cm³/mol. The predicted octanol–water partition coefficient (Wildman–Crippen LogP) is 2.92. The van der Waals surface area contributed by atoms with Gasteiger partial charge < -0.3 is 10.2 Å². The Labute approximate surface area is 156 Å². The van der Waals surface area contributed by atoms with E-state index in [1.54, 1.807) is 6.20 Å². The van der Waals surface area contributed by atoms with Crippen LogP contribution < -0.4 is 10.2 Å². The van der Waals surface area contributed by atoms with Crippen LogP contribution in [0, 0.1) is 0 Å². The molecule has 26 heavy (non-hydrogen) atoms. The molecule has 1 aromatic carbocycles. The number of benzene rings is 1.